The van der Waals surface area contributed by atoms with Crippen molar-refractivity contribution in [1.29, 1.82) is 0 Å². The molecule has 0 unspecified atom stereocenters. The molecule has 0 saturated carbocycles. The molecule has 0 amide bonds. The summed E-state index contributed by atoms with van der Waals surface area (Å²) in [5.41, 5.74) is 7.93. The largest absolute Gasteiger partial charge is 0.399 e. The third kappa shape index (κ3) is 6.06. The van der Waals surface area contributed by atoms with Crippen molar-refractivity contribution >= 4 is 5.69 Å². The fourth-order valence-electron chi connectivity index (χ4n) is 2.26. The number of hydrogen-bond donors (Lipinski definition) is 1. The van der Waals surface area contributed by atoms with Gasteiger partial charge in [0, 0.05) is 25.3 Å². The van der Waals surface area contributed by atoms with Gasteiger partial charge in [0.25, 0.3) is 0 Å². The predicted molar refractivity (Wildman–Crippen MR) is 80.7 cm³/mol. The molecule has 0 saturated heterocycles. The van der Waals surface area contributed by atoms with E-state index in [0.29, 0.717) is 0 Å². The highest BCUT2D eigenvalue weighted by Crippen LogP contribution is 2.09. The summed E-state index contributed by atoms with van der Waals surface area (Å²) in [5.74, 6) is 1.46. The molecule has 0 aliphatic rings. The zero-order valence-electron chi connectivity index (χ0n) is 12.3. The number of nitrogen functional groups attached to an aromatic ring is 1. The maximum absolute atomic E-state index is 5.70. The molecule has 0 aliphatic heterocycles. The molecule has 0 heterocycles. The first-order chi connectivity index (χ1) is 8.47. The third-order valence-corrected chi connectivity index (χ3v) is 2.94. The molecule has 1 aromatic carbocycles. The second-order valence-corrected chi connectivity index (χ2v) is 6.04. The van der Waals surface area contributed by atoms with Gasteiger partial charge in [-0.05, 0) is 36.0 Å². The van der Waals surface area contributed by atoms with Crippen molar-refractivity contribution in [3.63, 3.8) is 0 Å². The van der Waals surface area contributed by atoms with E-state index in [1.807, 2.05) is 12.1 Å². The molecule has 0 fully saturated rings. The van der Waals surface area contributed by atoms with Crippen molar-refractivity contribution in [3.05, 3.63) is 29.8 Å². The number of rotatable bonds is 7. The van der Waals surface area contributed by atoms with Crippen molar-refractivity contribution in [3.8, 4) is 0 Å². The minimum Gasteiger partial charge on any atom is -0.399 e. The van der Waals surface area contributed by atoms with E-state index in [1.54, 1.807) is 0 Å². The molecule has 18 heavy (non-hydrogen) atoms. The van der Waals surface area contributed by atoms with Gasteiger partial charge >= 0.3 is 0 Å². The lowest BCUT2D eigenvalue weighted by Crippen LogP contribution is -2.33. The zero-order chi connectivity index (χ0) is 13.5. The molecular formula is C16H28N2. The molecule has 0 radical (unpaired) electrons. The van der Waals surface area contributed by atoms with Crippen LogP contribution >= 0.6 is 0 Å². The molecule has 0 spiro atoms. The van der Waals surface area contributed by atoms with Crippen LogP contribution in [0.2, 0.25) is 0 Å². The van der Waals surface area contributed by atoms with Gasteiger partial charge in [0.2, 0.25) is 0 Å². The van der Waals surface area contributed by atoms with E-state index in [-0.39, 0.29) is 0 Å². The van der Waals surface area contributed by atoms with Gasteiger partial charge in [0.1, 0.15) is 0 Å². The van der Waals surface area contributed by atoms with E-state index in [0.717, 1.165) is 30.5 Å². The Hall–Kier alpha value is -1.02. The summed E-state index contributed by atoms with van der Waals surface area (Å²) >= 11 is 0. The lowest BCUT2D eigenvalue weighted by atomic mass is 10.1. The third-order valence-electron chi connectivity index (χ3n) is 2.94. The van der Waals surface area contributed by atoms with Crippen molar-refractivity contribution in [2.24, 2.45) is 11.8 Å². The van der Waals surface area contributed by atoms with Crippen LogP contribution in [0.5, 0.6) is 0 Å². The Bertz CT molecular complexity index is 317. The van der Waals surface area contributed by atoms with Gasteiger partial charge in [0.05, 0.1) is 0 Å². The molecule has 0 bridgehead atoms. The minimum absolute atomic E-state index is 0.732. The van der Waals surface area contributed by atoms with Crippen LogP contribution in [0.4, 0.5) is 5.69 Å². The maximum Gasteiger partial charge on any atom is 0.0314 e. The van der Waals surface area contributed by atoms with Gasteiger partial charge in [-0.3, -0.25) is 0 Å². The van der Waals surface area contributed by atoms with Gasteiger partial charge in [-0.25, -0.2) is 0 Å². The Labute approximate surface area is 112 Å². The predicted octanol–water partition coefficient (Wildman–Crippen LogP) is 3.43. The van der Waals surface area contributed by atoms with Crippen molar-refractivity contribution < 1.29 is 0 Å². The van der Waals surface area contributed by atoms with Crippen LogP contribution < -0.4 is 5.73 Å². The second-order valence-electron chi connectivity index (χ2n) is 6.04. The quantitative estimate of drug-likeness (QED) is 0.749. The monoisotopic (exact) mass is 248 g/mol. The Kier molecular flexibility index (Phi) is 6.20. The van der Waals surface area contributed by atoms with Gasteiger partial charge in [-0.1, -0.05) is 39.8 Å². The number of anilines is 1. The standard InChI is InChI=1S/C16H28N2/c1-13(2)11-18(12-14(3)4)10-9-15-5-7-16(17)8-6-15/h5-8,13-14H,9-12,17H2,1-4H3. The smallest absolute Gasteiger partial charge is 0.0314 e. The average molecular weight is 248 g/mol. The molecule has 0 aliphatic carbocycles. The lowest BCUT2D eigenvalue weighted by molar-refractivity contribution is 0.222. The van der Waals surface area contributed by atoms with Crippen LogP contribution in [0.25, 0.3) is 0 Å². The molecular weight excluding hydrogens is 220 g/mol. The first-order valence-corrected chi connectivity index (χ1v) is 7.04. The van der Waals surface area contributed by atoms with Crippen LogP contribution in [0.3, 0.4) is 0 Å². The Morgan fingerprint density at radius 3 is 1.89 bits per heavy atom. The van der Waals surface area contributed by atoms with Gasteiger partial charge in [-0.2, -0.15) is 0 Å². The summed E-state index contributed by atoms with van der Waals surface area (Å²) in [6.07, 6.45) is 1.11. The Morgan fingerprint density at radius 1 is 0.944 bits per heavy atom. The lowest BCUT2D eigenvalue weighted by Gasteiger charge is -2.26. The fourth-order valence-corrected chi connectivity index (χ4v) is 2.26. The highest BCUT2D eigenvalue weighted by Gasteiger charge is 2.09. The van der Waals surface area contributed by atoms with Crippen LogP contribution in [0.15, 0.2) is 24.3 Å². The summed E-state index contributed by atoms with van der Waals surface area (Å²) in [5, 5.41) is 0. The summed E-state index contributed by atoms with van der Waals surface area (Å²) in [6, 6.07) is 8.26. The number of nitrogens with zero attached hydrogens (tertiary/aromatic N) is 1. The summed E-state index contributed by atoms with van der Waals surface area (Å²) in [6.45, 7) is 12.7. The molecule has 2 nitrogen and oxygen atoms in total. The molecule has 1 rings (SSSR count). The van der Waals surface area contributed by atoms with Gasteiger partial charge < -0.3 is 10.6 Å². The summed E-state index contributed by atoms with van der Waals surface area (Å²) < 4.78 is 0. The molecule has 1 aromatic rings. The van der Waals surface area contributed by atoms with Crippen molar-refractivity contribution in [2.45, 2.75) is 34.1 Å². The highest BCUT2D eigenvalue weighted by molar-refractivity contribution is 5.39. The number of benzene rings is 1. The summed E-state index contributed by atoms with van der Waals surface area (Å²) in [4.78, 5) is 2.58. The topological polar surface area (TPSA) is 29.3 Å². The van der Waals surface area contributed by atoms with Crippen LogP contribution in [0, 0.1) is 11.8 Å². The van der Waals surface area contributed by atoms with E-state index >= 15 is 0 Å². The number of hydrogen-bond acceptors (Lipinski definition) is 2. The Balaban J connectivity index is 2.47. The van der Waals surface area contributed by atoms with E-state index < -0.39 is 0 Å². The molecule has 0 atom stereocenters. The van der Waals surface area contributed by atoms with E-state index in [9.17, 15) is 0 Å². The van der Waals surface area contributed by atoms with Crippen LogP contribution in [0.1, 0.15) is 33.3 Å². The van der Waals surface area contributed by atoms with Crippen molar-refractivity contribution in [2.75, 3.05) is 25.4 Å². The minimum atomic E-state index is 0.732. The average Bonchev–Trinajstić information content (AvgIpc) is 2.26. The van der Waals surface area contributed by atoms with Gasteiger partial charge in [0.15, 0.2) is 0 Å². The summed E-state index contributed by atoms with van der Waals surface area (Å²) in [7, 11) is 0. The Morgan fingerprint density at radius 2 is 1.44 bits per heavy atom. The van der Waals surface area contributed by atoms with E-state index in [4.69, 9.17) is 5.73 Å². The fraction of sp³-hybridized carbons (Fsp3) is 0.625. The number of nitrogens with two attached hydrogens (primary N) is 1. The zero-order valence-corrected chi connectivity index (χ0v) is 12.3. The first-order valence-electron chi connectivity index (χ1n) is 7.04. The molecule has 102 valence electrons. The highest BCUT2D eigenvalue weighted by atomic mass is 15.1. The molecule has 0 aromatic heterocycles. The second kappa shape index (κ2) is 7.42. The van der Waals surface area contributed by atoms with Gasteiger partial charge in [-0.15, -0.1) is 0 Å². The first kappa shape index (κ1) is 15.0. The van der Waals surface area contributed by atoms with Crippen LogP contribution in [-0.2, 0) is 6.42 Å². The molecule has 2 heteroatoms. The normalized spacial score (nSPS) is 11.7. The SMILES string of the molecule is CC(C)CN(CCc1ccc(N)cc1)CC(C)C. The molecule has 2 N–H and O–H groups in total. The van der Waals surface area contributed by atoms with Crippen LogP contribution in [-0.4, -0.2) is 24.5 Å². The maximum atomic E-state index is 5.70. The van der Waals surface area contributed by atoms with E-state index in [1.165, 1.54) is 18.7 Å². The van der Waals surface area contributed by atoms with Crippen molar-refractivity contribution in [1.82, 2.24) is 4.90 Å². The van der Waals surface area contributed by atoms with E-state index in [2.05, 4.69) is 44.7 Å².